The van der Waals surface area contributed by atoms with E-state index in [-0.39, 0.29) is 17.9 Å². The van der Waals surface area contributed by atoms with E-state index in [0.29, 0.717) is 18.0 Å². The maximum Gasteiger partial charge on any atom is 0.263 e. The molecule has 2 rings (SSSR count). The summed E-state index contributed by atoms with van der Waals surface area (Å²) in [6.07, 6.45) is 3.26. The number of amides is 2. The zero-order chi connectivity index (χ0) is 15.4. The van der Waals surface area contributed by atoms with Gasteiger partial charge in [-0.05, 0) is 33.6 Å². The predicted molar refractivity (Wildman–Crippen MR) is 83.4 cm³/mol. The summed E-state index contributed by atoms with van der Waals surface area (Å²) in [6.45, 7) is 7.06. The maximum absolute atomic E-state index is 12.1. The number of carbonyl (C=O) groups excluding carboxylic acids is 2. The molecule has 1 N–H and O–H groups in total. The lowest BCUT2D eigenvalue weighted by Gasteiger charge is -2.31. The summed E-state index contributed by atoms with van der Waals surface area (Å²) in [7, 11) is 0. The van der Waals surface area contributed by atoms with E-state index in [9.17, 15) is 9.59 Å². The number of nitrogens with zero attached hydrogens (tertiary/aromatic N) is 2. The Balaban J connectivity index is 1.85. The van der Waals surface area contributed by atoms with Gasteiger partial charge in [-0.25, -0.2) is 4.98 Å². The molecule has 1 fully saturated rings. The number of carbonyl (C=O) groups is 2. The maximum atomic E-state index is 12.1. The van der Waals surface area contributed by atoms with Crippen molar-refractivity contribution in [1.29, 1.82) is 0 Å². The van der Waals surface area contributed by atoms with Crippen molar-refractivity contribution in [3.8, 4) is 0 Å². The predicted octanol–water partition coefficient (Wildman–Crippen LogP) is 2.14. The number of likely N-dealkylation sites (tertiary alicyclic amines) is 1. The van der Waals surface area contributed by atoms with E-state index < -0.39 is 0 Å². The van der Waals surface area contributed by atoms with Crippen molar-refractivity contribution in [3.63, 3.8) is 0 Å². The zero-order valence-corrected chi connectivity index (χ0v) is 13.5. The van der Waals surface area contributed by atoms with E-state index >= 15 is 0 Å². The average molecular weight is 307 g/mol. The molecule has 1 saturated heterocycles. The lowest BCUT2D eigenvalue weighted by atomic mass is 10.0. The SMILES string of the molecule is CC(C)=CC(=O)N1CCC(NC(=O)c2scnc2C)CC1. The minimum atomic E-state index is -0.0518. The molecule has 21 heavy (non-hydrogen) atoms. The van der Waals surface area contributed by atoms with E-state index in [0.717, 1.165) is 24.1 Å². The number of thiazole rings is 1. The number of piperidine rings is 1. The molecule has 114 valence electrons. The van der Waals surface area contributed by atoms with Gasteiger partial charge in [0.05, 0.1) is 11.2 Å². The second-order valence-corrected chi connectivity index (χ2v) is 6.42. The molecule has 2 heterocycles. The standard InChI is InChI=1S/C15H21N3O2S/c1-10(2)8-13(19)18-6-4-12(5-7-18)17-15(20)14-11(3)16-9-21-14/h8-9,12H,4-7H2,1-3H3,(H,17,20). The molecule has 2 amide bonds. The summed E-state index contributed by atoms with van der Waals surface area (Å²) in [5, 5.41) is 3.04. The molecule has 1 aliphatic heterocycles. The topological polar surface area (TPSA) is 62.3 Å². The molecular weight excluding hydrogens is 286 g/mol. The van der Waals surface area contributed by atoms with Crippen LogP contribution in [0.1, 0.15) is 42.1 Å². The first-order chi connectivity index (χ1) is 9.97. The second-order valence-electron chi connectivity index (χ2n) is 5.56. The number of hydrogen-bond donors (Lipinski definition) is 1. The van der Waals surface area contributed by atoms with Crippen LogP contribution in [0.15, 0.2) is 17.2 Å². The van der Waals surface area contributed by atoms with Gasteiger partial charge in [-0.15, -0.1) is 11.3 Å². The molecule has 0 bridgehead atoms. The number of nitrogens with one attached hydrogen (secondary N) is 1. The largest absolute Gasteiger partial charge is 0.348 e. The third-order valence-corrected chi connectivity index (χ3v) is 4.43. The monoisotopic (exact) mass is 307 g/mol. The van der Waals surface area contributed by atoms with Crippen LogP contribution >= 0.6 is 11.3 Å². The van der Waals surface area contributed by atoms with Gasteiger partial charge >= 0.3 is 0 Å². The molecule has 6 heteroatoms. The number of aryl methyl sites for hydroxylation is 1. The highest BCUT2D eigenvalue weighted by Crippen LogP contribution is 2.15. The Bertz CT molecular complexity index is 553. The van der Waals surface area contributed by atoms with Crippen LogP contribution in [0.4, 0.5) is 0 Å². The summed E-state index contributed by atoms with van der Waals surface area (Å²) < 4.78 is 0. The van der Waals surface area contributed by atoms with Crippen molar-refractivity contribution in [2.24, 2.45) is 0 Å². The van der Waals surface area contributed by atoms with Gasteiger partial charge in [0.2, 0.25) is 5.91 Å². The van der Waals surface area contributed by atoms with Crippen molar-refractivity contribution in [2.75, 3.05) is 13.1 Å². The first-order valence-corrected chi connectivity index (χ1v) is 8.00. The first-order valence-electron chi connectivity index (χ1n) is 7.12. The second kappa shape index (κ2) is 6.85. The Labute approximate surface area is 129 Å². The Morgan fingerprint density at radius 1 is 1.38 bits per heavy atom. The van der Waals surface area contributed by atoms with Crippen LogP contribution in [0.5, 0.6) is 0 Å². The van der Waals surface area contributed by atoms with Gasteiger partial charge in [0.15, 0.2) is 0 Å². The summed E-state index contributed by atoms with van der Waals surface area (Å²) in [5.41, 5.74) is 3.47. The number of aromatic nitrogens is 1. The van der Waals surface area contributed by atoms with Crippen LogP contribution in [-0.4, -0.2) is 40.8 Å². The van der Waals surface area contributed by atoms with Gasteiger partial charge in [0.1, 0.15) is 4.88 Å². The van der Waals surface area contributed by atoms with E-state index in [2.05, 4.69) is 10.3 Å². The van der Waals surface area contributed by atoms with Crippen LogP contribution in [0, 0.1) is 6.92 Å². The molecule has 5 nitrogen and oxygen atoms in total. The van der Waals surface area contributed by atoms with E-state index in [4.69, 9.17) is 0 Å². The Morgan fingerprint density at radius 3 is 2.57 bits per heavy atom. The normalized spacial score (nSPS) is 15.7. The third kappa shape index (κ3) is 4.14. The smallest absolute Gasteiger partial charge is 0.263 e. The van der Waals surface area contributed by atoms with Gasteiger partial charge in [-0.3, -0.25) is 9.59 Å². The molecule has 0 aromatic carbocycles. The number of hydrogen-bond acceptors (Lipinski definition) is 4. The fourth-order valence-corrected chi connectivity index (χ4v) is 3.06. The number of allylic oxidation sites excluding steroid dienone is 1. The molecular formula is C15H21N3O2S. The van der Waals surface area contributed by atoms with Crippen molar-refractivity contribution in [3.05, 3.63) is 27.7 Å². The van der Waals surface area contributed by atoms with Crippen LogP contribution < -0.4 is 5.32 Å². The molecule has 0 saturated carbocycles. The van der Waals surface area contributed by atoms with Gasteiger partial charge in [-0.2, -0.15) is 0 Å². The Morgan fingerprint density at radius 2 is 2.05 bits per heavy atom. The van der Waals surface area contributed by atoms with Gasteiger partial charge < -0.3 is 10.2 Å². The van der Waals surface area contributed by atoms with Crippen LogP contribution in [0.3, 0.4) is 0 Å². The van der Waals surface area contributed by atoms with Crippen molar-refractivity contribution < 1.29 is 9.59 Å². The van der Waals surface area contributed by atoms with Crippen molar-refractivity contribution in [1.82, 2.24) is 15.2 Å². The molecule has 0 spiro atoms. The van der Waals surface area contributed by atoms with Crippen LogP contribution in [0.2, 0.25) is 0 Å². The van der Waals surface area contributed by atoms with Gasteiger partial charge in [-0.1, -0.05) is 5.57 Å². The fraction of sp³-hybridized carbons (Fsp3) is 0.533. The Hall–Kier alpha value is -1.69. The molecule has 1 aromatic rings. The van der Waals surface area contributed by atoms with Crippen LogP contribution in [0.25, 0.3) is 0 Å². The van der Waals surface area contributed by atoms with Gasteiger partial charge in [0, 0.05) is 25.2 Å². The first kappa shape index (κ1) is 15.7. The number of rotatable bonds is 3. The van der Waals surface area contributed by atoms with Gasteiger partial charge in [0.25, 0.3) is 5.91 Å². The molecule has 0 atom stereocenters. The summed E-state index contributed by atoms with van der Waals surface area (Å²) in [6, 6.07) is 0.134. The lowest BCUT2D eigenvalue weighted by Crippen LogP contribution is -2.46. The lowest BCUT2D eigenvalue weighted by molar-refractivity contribution is -0.127. The zero-order valence-electron chi connectivity index (χ0n) is 12.7. The van der Waals surface area contributed by atoms with E-state index in [1.165, 1.54) is 11.3 Å². The quantitative estimate of drug-likeness (QED) is 0.870. The summed E-state index contributed by atoms with van der Waals surface area (Å²) in [5.74, 6) is 0.0159. The van der Waals surface area contributed by atoms with E-state index in [1.54, 1.807) is 11.6 Å². The average Bonchev–Trinajstić information content (AvgIpc) is 2.85. The molecule has 0 unspecified atom stereocenters. The van der Waals surface area contributed by atoms with Crippen molar-refractivity contribution in [2.45, 2.75) is 39.7 Å². The molecule has 1 aliphatic rings. The molecule has 1 aromatic heterocycles. The van der Waals surface area contributed by atoms with E-state index in [1.807, 2.05) is 25.7 Å². The van der Waals surface area contributed by atoms with Crippen molar-refractivity contribution >= 4 is 23.2 Å². The Kier molecular flexibility index (Phi) is 5.12. The summed E-state index contributed by atoms with van der Waals surface area (Å²) >= 11 is 1.36. The minimum Gasteiger partial charge on any atom is -0.348 e. The van der Waals surface area contributed by atoms with Crippen LogP contribution in [-0.2, 0) is 4.79 Å². The fourth-order valence-electron chi connectivity index (χ4n) is 2.35. The minimum absolute atomic E-state index is 0.0518. The molecule has 0 aliphatic carbocycles. The highest BCUT2D eigenvalue weighted by molar-refractivity contribution is 7.11. The summed E-state index contributed by atoms with van der Waals surface area (Å²) in [4.78, 5) is 30.7. The highest BCUT2D eigenvalue weighted by atomic mass is 32.1. The molecule has 0 radical (unpaired) electrons. The highest BCUT2D eigenvalue weighted by Gasteiger charge is 2.24. The third-order valence-electron chi connectivity index (χ3n) is 3.51.